The normalized spacial score (nSPS) is 11.9. The Morgan fingerprint density at radius 1 is 1.28 bits per heavy atom. The van der Waals surface area contributed by atoms with E-state index in [0.29, 0.717) is 12.6 Å². The zero-order chi connectivity index (χ0) is 13.4. The van der Waals surface area contributed by atoms with E-state index in [1.54, 1.807) is 0 Å². The van der Waals surface area contributed by atoms with E-state index in [9.17, 15) is 4.79 Å². The Kier molecular flexibility index (Phi) is 6.22. The van der Waals surface area contributed by atoms with Crippen LogP contribution in [-0.4, -0.2) is 26.1 Å². The van der Waals surface area contributed by atoms with E-state index in [0.717, 1.165) is 12.2 Å². The first kappa shape index (κ1) is 14.5. The maximum Gasteiger partial charge on any atom is 0.257 e. The summed E-state index contributed by atoms with van der Waals surface area (Å²) >= 11 is 0. The summed E-state index contributed by atoms with van der Waals surface area (Å²) in [6.07, 6.45) is 1.04. The van der Waals surface area contributed by atoms with Gasteiger partial charge in [0.2, 0.25) is 0 Å². The van der Waals surface area contributed by atoms with Gasteiger partial charge in [-0.3, -0.25) is 4.79 Å². The highest BCUT2D eigenvalue weighted by molar-refractivity contribution is 5.77. The largest absolute Gasteiger partial charge is 0.484 e. The SMILES string of the molecule is CCNC(=O)COc1ccc(C(CC)NC)cc1. The summed E-state index contributed by atoms with van der Waals surface area (Å²) in [5, 5.41) is 5.94. The molecule has 0 fully saturated rings. The van der Waals surface area contributed by atoms with E-state index >= 15 is 0 Å². The minimum Gasteiger partial charge on any atom is -0.484 e. The van der Waals surface area contributed by atoms with Crippen LogP contribution in [0.1, 0.15) is 31.9 Å². The Labute approximate surface area is 109 Å². The summed E-state index contributed by atoms with van der Waals surface area (Å²) in [5.41, 5.74) is 1.23. The van der Waals surface area contributed by atoms with E-state index in [-0.39, 0.29) is 12.5 Å². The first-order valence-corrected chi connectivity index (χ1v) is 6.38. The fourth-order valence-electron chi connectivity index (χ4n) is 1.80. The molecule has 0 aromatic heterocycles. The number of ether oxygens (including phenoxy) is 1. The first-order valence-electron chi connectivity index (χ1n) is 6.38. The lowest BCUT2D eigenvalue weighted by Crippen LogP contribution is -2.28. The average molecular weight is 250 g/mol. The minimum absolute atomic E-state index is 0.0659. The summed E-state index contributed by atoms with van der Waals surface area (Å²) < 4.78 is 5.39. The number of nitrogens with one attached hydrogen (secondary N) is 2. The van der Waals surface area contributed by atoms with Gasteiger partial charge < -0.3 is 15.4 Å². The Hall–Kier alpha value is -1.55. The fraction of sp³-hybridized carbons (Fsp3) is 0.500. The predicted molar refractivity (Wildman–Crippen MR) is 72.7 cm³/mol. The van der Waals surface area contributed by atoms with E-state index < -0.39 is 0 Å². The van der Waals surface area contributed by atoms with Crippen LogP contribution >= 0.6 is 0 Å². The molecule has 0 aliphatic heterocycles. The van der Waals surface area contributed by atoms with Crippen LogP contribution in [0.4, 0.5) is 0 Å². The van der Waals surface area contributed by atoms with Crippen molar-refractivity contribution in [1.29, 1.82) is 0 Å². The summed E-state index contributed by atoms with van der Waals surface area (Å²) in [4.78, 5) is 11.2. The molecule has 0 saturated carbocycles. The van der Waals surface area contributed by atoms with Crippen molar-refractivity contribution >= 4 is 5.91 Å². The highest BCUT2D eigenvalue weighted by atomic mass is 16.5. The second kappa shape index (κ2) is 7.71. The zero-order valence-corrected chi connectivity index (χ0v) is 11.3. The minimum atomic E-state index is -0.0942. The van der Waals surface area contributed by atoms with Crippen molar-refractivity contribution in [2.75, 3.05) is 20.2 Å². The highest BCUT2D eigenvalue weighted by Gasteiger charge is 2.06. The molecule has 0 aliphatic carbocycles. The third kappa shape index (κ3) is 4.37. The molecule has 1 amide bonds. The Morgan fingerprint density at radius 2 is 1.94 bits per heavy atom. The van der Waals surface area contributed by atoms with E-state index in [1.165, 1.54) is 5.56 Å². The van der Waals surface area contributed by atoms with Crippen LogP contribution in [0.25, 0.3) is 0 Å². The van der Waals surface area contributed by atoms with Crippen LogP contribution in [-0.2, 0) is 4.79 Å². The van der Waals surface area contributed by atoms with Gasteiger partial charge in [-0.15, -0.1) is 0 Å². The average Bonchev–Trinajstić information content (AvgIpc) is 2.39. The van der Waals surface area contributed by atoms with E-state index in [1.807, 2.05) is 38.2 Å². The van der Waals surface area contributed by atoms with Crippen LogP contribution in [0.15, 0.2) is 24.3 Å². The van der Waals surface area contributed by atoms with Gasteiger partial charge in [0.1, 0.15) is 5.75 Å². The van der Waals surface area contributed by atoms with Gasteiger partial charge in [-0.2, -0.15) is 0 Å². The van der Waals surface area contributed by atoms with Gasteiger partial charge in [-0.05, 0) is 38.1 Å². The molecule has 0 heterocycles. The van der Waals surface area contributed by atoms with Crippen molar-refractivity contribution < 1.29 is 9.53 Å². The number of likely N-dealkylation sites (N-methyl/N-ethyl adjacent to an activating group) is 1. The van der Waals surface area contributed by atoms with Crippen molar-refractivity contribution in [2.45, 2.75) is 26.3 Å². The third-order valence-corrected chi connectivity index (χ3v) is 2.78. The molecule has 0 bridgehead atoms. The molecule has 1 unspecified atom stereocenters. The van der Waals surface area contributed by atoms with Gasteiger partial charge in [0.15, 0.2) is 6.61 Å². The Bertz CT molecular complexity index is 359. The number of rotatable bonds is 7. The summed E-state index contributed by atoms with van der Waals surface area (Å²) in [5.74, 6) is 0.624. The van der Waals surface area contributed by atoms with E-state index in [4.69, 9.17) is 4.74 Å². The van der Waals surface area contributed by atoms with Gasteiger partial charge >= 0.3 is 0 Å². The second-order valence-electron chi connectivity index (χ2n) is 4.06. The smallest absolute Gasteiger partial charge is 0.257 e. The molecule has 1 rings (SSSR count). The lowest BCUT2D eigenvalue weighted by atomic mass is 10.1. The molecule has 0 spiro atoms. The molecule has 1 atom stereocenters. The molecule has 1 aromatic carbocycles. The molecule has 100 valence electrons. The topological polar surface area (TPSA) is 50.4 Å². The number of carbonyl (C=O) groups is 1. The van der Waals surface area contributed by atoms with Gasteiger partial charge in [0, 0.05) is 12.6 Å². The first-order chi connectivity index (χ1) is 8.71. The molecular weight excluding hydrogens is 228 g/mol. The van der Waals surface area contributed by atoms with Crippen LogP contribution in [0.5, 0.6) is 5.75 Å². The molecule has 4 nitrogen and oxygen atoms in total. The fourth-order valence-corrected chi connectivity index (χ4v) is 1.80. The maximum atomic E-state index is 11.2. The number of carbonyl (C=O) groups excluding carboxylic acids is 1. The number of amides is 1. The molecule has 1 aromatic rings. The molecule has 0 aliphatic rings. The van der Waals surface area contributed by atoms with Gasteiger partial charge in [0.25, 0.3) is 5.91 Å². The molecule has 4 heteroatoms. The van der Waals surface area contributed by atoms with Crippen LogP contribution in [0, 0.1) is 0 Å². The molecular formula is C14H22N2O2. The van der Waals surface area contributed by atoms with Gasteiger partial charge in [-0.25, -0.2) is 0 Å². The second-order valence-corrected chi connectivity index (χ2v) is 4.06. The van der Waals surface area contributed by atoms with Crippen molar-refractivity contribution in [2.24, 2.45) is 0 Å². The summed E-state index contributed by atoms with van der Waals surface area (Å²) in [6, 6.07) is 8.21. The van der Waals surface area contributed by atoms with Crippen molar-refractivity contribution in [1.82, 2.24) is 10.6 Å². The predicted octanol–water partition coefficient (Wildman–Crippen LogP) is 1.87. The number of hydrogen-bond donors (Lipinski definition) is 2. The van der Waals surface area contributed by atoms with Gasteiger partial charge in [0.05, 0.1) is 0 Å². The Morgan fingerprint density at radius 3 is 2.44 bits per heavy atom. The number of benzene rings is 1. The number of hydrogen-bond acceptors (Lipinski definition) is 3. The molecule has 0 saturated heterocycles. The standard InChI is InChI=1S/C14H22N2O2/c1-4-13(15-3)11-6-8-12(9-7-11)18-10-14(17)16-5-2/h6-9,13,15H,4-5,10H2,1-3H3,(H,16,17). The molecule has 0 radical (unpaired) electrons. The van der Waals surface area contributed by atoms with Crippen molar-refractivity contribution in [3.8, 4) is 5.75 Å². The maximum absolute atomic E-state index is 11.2. The third-order valence-electron chi connectivity index (χ3n) is 2.78. The lowest BCUT2D eigenvalue weighted by Gasteiger charge is -2.14. The van der Waals surface area contributed by atoms with Crippen LogP contribution < -0.4 is 15.4 Å². The lowest BCUT2D eigenvalue weighted by molar-refractivity contribution is -0.122. The van der Waals surface area contributed by atoms with Crippen molar-refractivity contribution in [3.05, 3.63) is 29.8 Å². The van der Waals surface area contributed by atoms with Crippen LogP contribution in [0.2, 0.25) is 0 Å². The van der Waals surface area contributed by atoms with Gasteiger partial charge in [-0.1, -0.05) is 19.1 Å². The van der Waals surface area contributed by atoms with Crippen molar-refractivity contribution in [3.63, 3.8) is 0 Å². The monoisotopic (exact) mass is 250 g/mol. The summed E-state index contributed by atoms with van der Waals surface area (Å²) in [7, 11) is 1.95. The molecule has 18 heavy (non-hydrogen) atoms. The summed E-state index contributed by atoms with van der Waals surface area (Å²) in [6.45, 7) is 4.72. The van der Waals surface area contributed by atoms with E-state index in [2.05, 4.69) is 17.6 Å². The van der Waals surface area contributed by atoms with Crippen LogP contribution in [0.3, 0.4) is 0 Å². The molecule has 2 N–H and O–H groups in total. The highest BCUT2D eigenvalue weighted by Crippen LogP contribution is 2.19. The Balaban J connectivity index is 2.52. The quantitative estimate of drug-likeness (QED) is 0.776. The zero-order valence-electron chi connectivity index (χ0n) is 11.3.